The summed E-state index contributed by atoms with van der Waals surface area (Å²) in [5.74, 6) is -7.14. The molecule has 0 heterocycles. The van der Waals surface area contributed by atoms with Gasteiger partial charge in [0.2, 0.25) is 0 Å². The van der Waals surface area contributed by atoms with Gasteiger partial charge in [0.05, 0.1) is 23.6 Å². The zero-order valence-electron chi connectivity index (χ0n) is 22.8. The van der Waals surface area contributed by atoms with E-state index in [4.69, 9.17) is 5.11 Å². The molecule has 0 aromatic heterocycles. The molecule has 3 aromatic carbocycles. The van der Waals surface area contributed by atoms with Crippen LogP contribution in [0.3, 0.4) is 0 Å². The Bertz CT molecular complexity index is 1570. The van der Waals surface area contributed by atoms with Gasteiger partial charge in [0, 0.05) is 23.1 Å². The number of halogens is 9. The third kappa shape index (κ3) is 9.53. The second-order valence-corrected chi connectivity index (χ2v) is 9.60. The number of carboxylic acid groups (broad SMARTS) is 1. The molecule has 0 aliphatic rings. The van der Waals surface area contributed by atoms with Crippen molar-refractivity contribution in [1.82, 2.24) is 5.32 Å². The summed E-state index contributed by atoms with van der Waals surface area (Å²) in [6.07, 6.45) is -18.6. The fourth-order valence-corrected chi connectivity index (χ4v) is 4.05. The highest BCUT2D eigenvalue weighted by atomic mass is 19.4. The van der Waals surface area contributed by atoms with Gasteiger partial charge in [-0.25, -0.2) is 4.79 Å². The highest BCUT2D eigenvalue weighted by molar-refractivity contribution is 6.06. The van der Waals surface area contributed by atoms with E-state index in [1.54, 1.807) is 0 Å². The average molecular weight is 665 g/mol. The number of aliphatic carboxylic acids is 1. The molecule has 3 rings (SSSR count). The largest absolute Gasteiger partial charge is 0.573 e. The van der Waals surface area contributed by atoms with Crippen LogP contribution in [0.15, 0.2) is 66.7 Å². The summed E-state index contributed by atoms with van der Waals surface area (Å²) in [4.78, 5) is 49.6. The van der Waals surface area contributed by atoms with Crippen LogP contribution in [-0.2, 0) is 17.1 Å². The van der Waals surface area contributed by atoms with E-state index in [1.165, 1.54) is 0 Å². The number of carbonyl (C=O) groups is 4. The minimum Gasteiger partial charge on any atom is -0.479 e. The molecule has 0 fully saturated rings. The van der Waals surface area contributed by atoms with Crippen molar-refractivity contribution in [2.75, 3.05) is 6.54 Å². The predicted octanol–water partition coefficient (Wildman–Crippen LogP) is 6.04. The summed E-state index contributed by atoms with van der Waals surface area (Å²) in [5.41, 5.74) is -5.11. The number of aliphatic hydroxyl groups excluding tert-OH is 1. The summed E-state index contributed by atoms with van der Waals surface area (Å²) in [6, 6.07) is 7.89. The zero-order valence-corrected chi connectivity index (χ0v) is 22.8. The Morgan fingerprint density at radius 3 is 1.67 bits per heavy atom. The van der Waals surface area contributed by atoms with E-state index in [0.29, 0.717) is 0 Å². The van der Waals surface area contributed by atoms with Crippen molar-refractivity contribution >= 4 is 23.4 Å². The van der Waals surface area contributed by atoms with Gasteiger partial charge >= 0.3 is 24.7 Å². The molecule has 0 bridgehead atoms. The summed E-state index contributed by atoms with van der Waals surface area (Å²) in [5, 5.41) is 20.1. The van der Waals surface area contributed by atoms with Crippen LogP contribution in [0, 0.1) is 0 Å². The predicted molar refractivity (Wildman–Crippen MR) is 138 cm³/mol. The van der Waals surface area contributed by atoms with Crippen LogP contribution in [-0.4, -0.2) is 52.7 Å². The van der Waals surface area contributed by atoms with Crippen LogP contribution in [0.4, 0.5) is 39.5 Å². The molecule has 1 amide bonds. The lowest BCUT2D eigenvalue weighted by Crippen LogP contribution is -2.36. The Kier molecular flexibility index (Phi) is 10.5. The van der Waals surface area contributed by atoms with Gasteiger partial charge in [-0.3, -0.25) is 14.4 Å². The fourth-order valence-electron chi connectivity index (χ4n) is 4.05. The van der Waals surface area contributed by atoms with Crippen molar-refractivity contribution in [2.24, 2.45) is 0 Å². The molecule has 1 unspecified atom stereocenters. The Morgan fingerprint density at radius 2 is 1.22 bits per heavy atom. The summed E-state index contributed by atoms with van der Waals surface area (Å²) < 4.78 is 122. The van der Waals surface area contributed by atoms with Crippen molar-refractivity contribution in [3.8, 4) is 5.75 Å². The third-order valence-corrected chi connectivity index (χ3v) is 6.30. The lowest BCUT2D eigenvalue weighted by atomic mass is 9.84. The Labute approximate surface area is 252 Å². The van der Waals surface area contributed by atoms with Gasteiger partial charge in [-0.2, -0.15) is 26.3 Å². The summed E-state index contributed by atoms with van der Waals surface area (Å²) >= 11 is 0. The number of ketones is 2. The first-order chi connectivity index (χ1) is 21.2. The maximum atomic E-state index is 13.5. The number of nitrogens with one attached hydrogen (secondary N) is 1. The monoisotopic (exact) mass is 665 g/mol. The van der Waals surface area contributed by atoms with Gasteiger partial charge in [0.15, 0.2) is 17.7 Å². The normalized spacial score (nSPS) is 13.4. The number of rotatable bonds is 11. The quantitative estimate of drug-likeness (QED) is 0.168. The minimum atomic E-state index is -5.28. The van der Waals surface area contributed by atoms with Crippen molar-refractivity contribution < 1.29 is 73.6 Å². The molecule has 46 heavy (non-hydrogen) atoms. The Hall–Kier alpha value is -4.93. The van der Waals surface area contributed by atoms with Gasteiger partial charge < -0.3 is 20.3 Å². The average Bonchev–Trinajstić information content (AvgIpc) is 2.96. The van der Waals surface area contributed by atoms with Gasteiger partial charge in [0.1, 0.15) is 5.75 Å². The smallest absolute Gasteiger partial charge is 0.479 e. The van der Waals surface area contributed by atoms with Gasteiger partial charge in [-0.05, 0) is 48.0 Å². The minimum absolute atomic E-state index is 0.126. The van der Waals surface area contributed by atoms with E-state index in [0.717, 1.165) is 48.5 Å². The first-order valence-electron chi connectivity index (χ1n) is 12.7. The Morgan fingerprint density at radius 1 is 0.717 bits per heavy atom. The molecule has 0 aliphatic carbocycles. The van der Waals surface area contributed by atoms with E-state index in [1.807, 2.05) is 0 Å². The molecule has 0 aliphatic heterocycles. The summed E-state index contributed by atoms with van der Waals surface area (Å²) in [6.45, 7) is -0.668. The lowest BCUT2D eigenvalue weighted by Gasteiger charge is -2.18. The highest BCUT2D eigenvalue weighted by Crippen LogP contribution is 2.37. The van der Waals surface area contributed by atoms with Crippen molar-refractivity contribution in [3.05, 3.63) is 100 Å². The van der Waals surface area contributed by atoms with E-state index in [2.05, 4.69) is 10.1 Å². The lowest BCUT2D eigenvalue weighted by molar-refractivity contribution is -0.274. The van der Waals surface area contributed by atoms with Crippen LogP contribution in [0.2, 0.25) is 0 Å². The number of Topliss-reactive ketones (excluding diaryl/α,β-unsaturated/α-hetero) is 2. The second kappa shape index (κ2) is 13.6. The van der Waals surface area contributed by atoms with E-state index >= 15 is 0 Å². The number of hydrogen-bond acceptors (Lipinski definition) is 6. The maximum Gasteiger partial charge on any atom is 0.573 e. The second-order valence-electron chi connectivity index (χ2n) is 9.60. The maximum absolute atomic E-state index is 13.5. The zero-order chi connectivity index (χ0) is 34.6. The molecular weight excluding hydrogens is 645 g/mol. The van der Waals surface area contributed by atoms with E-state index in [-0.39, 0.29) is 34.9 Å². The van der Waals surface area contributed by atoms with Crippen LogP contribution < -0.4 is 10.1 Å². The molecule has 3 aromatic rings. The van der Waals surface area contributed by atoms with Gasteiger partial charge in [0.25, 0.3) is 5.91 Å². The molecule has 0 saturated carbocycles. The SMILES string of the molecule is O=C(CC(C(=O)c1ccc(C(=O)NC[C@@H](O)C(=O)O)cc1)c1ccc(OC(F)(F)F)cc1)c1cc(C(F)(F)F)cc(C(F)(F)F)c1. The number of benzene rings is 3. The number of alkyl halides is 9. The standard InChI is InChI=1S/C29H20F9NO7/c30-27(31,32)18-9-17(10-19(11-18)28(33,34)35)22(40)12-21(14-5-7-20(8-6-14)46-29(36,37)38)24(42)15-1-3-16(4-2-15)25(43)39-13-23(41)26(44)45/h1-11,21,23,41H,12-13H2,(H,39,43)(H,44,45)/t21?,23-/m1/s1. The number of carbonyl (C=O) groups excluding carboxylic acids is 3. The van der Waals surface area contributed by atoms with E-state index in [9.17, 15) is 63.8 Å². The third-order valence-electron chi connectivity index (χ3n) is 6.30. The molecule has 246 valence electrons. The number of aliphatic hydroxyl groups is 1. The number of hydrogen-bond donors (Lipinski definition) is 3. The molecule has 3 N–H and O–H groups in total. The topological polar surface area (TPSA) is 130 Å². The first kappa shape index (κ1) is 35.5. The van der Waals surface area contributed by atoms with Crippen molar-refractivity contribution in [3.63, 3.8) is 0 Å². The number of ether oxygens (including phenoxy) is 1. The fraction of sp³-hybridized carbons (Fsp3) is 0.241. The van der Waals surface area contributed by atoms with Crippen molar-refractivity contribution in [1.29, 1.82) is 0 Å². The Balaban J connectivity index is 1.98. The molecule has 8 nitrogen and oxygen atoms in total. The van der Waals surface area contributed by atoms with Crippen LogP contribution in [0.5, 0.6) is 5.75 Å². The van der Waals surface area contributed by atoms with Crippen LogP contribution in [0.25, 0.3) is 0 Å². The van der Waals surface area contributed by atoms with Gasteiger partial charge in [-0.15, -0.1) is 13.2 Å². The van der Waals surface area contributed by atoms with E-state index < -0.39 is 89.6 Å². The molecular formula is C29H20F9NO7. The molecule has 2 atom stereocenters. The van der Waals surface area contributed by atoms with Crippen molar-refractivity contribution in [2.45, 2.75) is 37.2 Å². The van der Waals surface area contributed by atoms with Crippen LogP contribution in [0.1, 0.15) is 60.1 Å². The van der Waals surface area contributed by atoms with Gasteiger partial charge in [-0.1, -0.05) is 24.3 Å². The molecule has 0 spiro atoms. The summed E-state index contributed by atoms with van der Waals surface area (Å²) in [7, 11) is 0. The highest BCUT2D eigenvalue weighted by Gasteiger charge is 2.38. The van der Waals surface area contributed by atoms with Crippen LogP contribution >= 0.6 is 0 Å². The molecule has 0 saturated heterocycles. The number of amides is 1. The first-order valence-corrected chi connectivity index (χ1v) is 12.7. The molecule has 0 radical (unpaired) electrons. The number of carboxylic acids is 1. The molecule has 17 heteroatoms.